The van der Waals surface area contributed by atoms with Crippen LogP contribution in [-0.4, -0.2) is 11.5 Å². The summed E-state index contributed by atoms with van der Waals surface area (Å²) >= 11 is 1.84. The van der Waals surface area contributed by atoms with Gasteiger partial charge in [-0.25, -0.2) is 4.98 Å². The van der Waals surface area contributed by atoms with Crippen LogP contribution in [-0.2, 0) is 13.0 Å². The van der Waals surface area contributed by atoms with Crippen LogP contribution in [0.15, 0.2) is 6.20 Å². The first-order valence-electron chi connectivity index (χ1n) is 5.72. The molecular formula is C12H22N2S. The van der Waals surface area contributed by atoms with Crippen molar-refractivity contribution in [1.29, 1.82) is 0 Å². The smallest absolute Gasteiger partial charge is 0.0930 e. The summed E-state index contributed by atoms with van der Waals surface area (Å²) in [7, 11) is 0. The van der Waals surface area contributed by atoms with Crippen molar-refractivity contribution in [1.82, 2.24) is 10.3 Å². The maximum absolute atomic E-state index is 4.43. The normalized spacial score (nSPS) is 11.6. The van der Waals surface area contributed by atoms with Crippen LogP contribution < -0.4 is 5.32 Å². The molecule has 0 bridgehead atoms. The second kappa shape index (κ2) is 6.23. The summed E-state index contributed by atoms with van der Waals surface area (Å²) in [6.45, 7) is 11.0. The fraction of sp³-hybridized carbons (Fsp3) is 0.750. The fourth-order valence-corrected chi connectivity index (χ4v) is 2.46. The van der Waals surface area contributed by atoms with Crippen LogP contribution in [0.25, 0.3) is 0 Å². The third kappa shape index (κ3) is 5.28. The Balaban J connectivity index is 2.33. The Bertz CT molecular complexity index is 279. The van der Waals surface area contributed by atoms with Gasteiger partial charge in [-0.2, -0.15) is 0 Å². The first-order valence-corrected chi connectivity index (χ1v) is 6.54. The predicted octanol–water partition coefficient (Wildman–Crippen LogP) is 3.09. The Morgan fingerprint density at radius 1 is 1.27 bits per heavy atom. The maximum Gasteiger partial charge on any atom is 0.0930 e. The lowest BCUT2D eigenvalue weighted by Crippen LogP contribution is -2.18. The Hall–Kier alpha value is -0.410. The Morgan fingerprint density at radius 2 is 2.00 bits per heavy atom. The minimum atomic E-state index is 0.702. The van der Waals surface area contributed by atoms with Gasteiger partial charge in [0.25, 0.3) is 0 Å². The Morgan fingerprint density at radius 3 is 2.60 bits per heavy atom. The third-order valence-corrected chi connectivity index (χ3v) is 3.06. The van der Waals surface area contributed by atoms with Crippen molar-refractivity contribution in [3.8, 4) is 0 Å². The number of nitrogens with zero attached hydrogens (tertiary/aromatic N) is 1. The van der Waals surface area contributed by atoms with Crippen LogP contribution in [0.5, 0.6) is 0 Å². The lowest BCUT2D eigenvalue weighted by Gasteiger charge is -2.04. The molecule has 2 nitrogen and oxygen atoms in total. The van der Waals surface area contributed by atoms with Crippen LogP contribution in [0.4, 0.5) is 0 Å². The number of rotatable bonds is 6. The van der Waals surface area contributed by atoms with Gasteiger partial charge in [0.1, 0.15) is 0 Å². The highest BCUT2D eigenvalue weighted by Gasteiger charge is 2.04. The zero-order valence-electron chi connectivity index (χ0n) is 10.2. The molecule has 0 saturated heterocycles. The number of aromatic nitrogens is 1. The standard InChI is InChI=1S/C12H22N2S/c1-9(2)5-12-14-8-11(15-12)7-13-6-10(3)4/h8-10,13H,5-7H2,1-4H3. The first kappa shape index (κ1) is 12.7. The molecule has 0 aliphatic heterocycles. The second-order valence-corrected chi connectivity index (χ2v) is 6.04. The largest absolute Gasteiger partial charge is 0.312 e. The van der Waals surface area contributed by atoms with Crippen LogP contribution in [0.2, 0.25) is 0 Å². The molecule has 0 spiro atoms. The van der Waals surface area contributed by atoms with Gasteiger partial charge in [0.15, 0.2) is 0 Å². The van der Waals surface area contributed by atoms with E-state index in [0.717, 1.165) is 19.5 Å². The number of hydrogen-bond donors (Lipinski definition) is 1. The molecule has 1 aromatic rings. The summed E-state index contributed by atoms with van der Waals surface area (Å²) in [5.74, 6) is 1.42. The second-order valence-electron chi connectivity index (χ2n) is 4.84. The number of thiazole rings is 1. The molecule has 0 aromatic carbocycles. The van der Waals surface area contributed by atoms with Gasteiger partial charge in [0.2, 0.25) is 0 Å². The van der Waals surface area contributed by atoms with Crippen molar-refractivity contribution < 1.29 is 0 Å². The Labute approximate surface area is 97.1 Å². The molecule has 3 heteroatoms. The van der Waals surface area contributed by atoms with E-state index in [4.69, 9.17) is 0 Å². The van der Waals surface area contributed by atoms with Gasteiger partial charge in [0.05, 0.1) is 5.01 Å². The Kier molecular flexibility index (Phi) is 5.26. The molecule has 0 aliphatic rings. The first-order chi connectivity index (χ1) is 7.08. The molecule has 1 rings (SSSR count). The van der Waals surface area contributed by atoms with Gasteiger partial charge in [-0.1, -0.05) is 27.7 Å². The zero-order valence-corrected chi connectivity index (χ0v) is 11.0. The fourth-order valence-electron chi connectivity index (χ4n) is 1.36. The van der Waals surface area contributed by atoms with Gasteiger partial charge in [-0.15, -0.1) is 11.3 Å². The molecule has 15 heavy (non-hydrogen) atoms. The molecule has 0 fully saturated rings. The van der Waals surface area contributed by atoms with Crippen LogP contribution in [0.1, 0.15) is 37.6 Å². The van der Waals surface area contributed by atoms with Crippen molar-refractivity contribution in [3.63, 3.8) is 0 Å². The van der Waals surface area contributed by atoms with Gasteiger partial charge in [0, 0.05) is 24.0 Å². The van der Waals surface area contributed by atoms with Gasteiger partial charge in [-0.3, -0.25) is 0 Å². The van der Waals surface area contributed by atoms with Gasteiger partial charge >= 0.3 is 0 Å². The van der Waals surface area contributed by atoms with E-state index in [-0.39, 0.29) is 0 Å². The molecule has 86 valence electrons. The highest BCUT2D eigenvalue weighted by Crippen LogP contribution is 2.16. The molecule has 0 atom stereocenters. The molecule has 1 heterocycles. The molecule has 0 saturated carbocycles. The number of nitrogens with one attached hydrogen (secondary N) is 1. The summed E-state index contributed by atoms with van der Waals surface area (Å²) in [5, 5.41) is 4.71. The summed E-state index contributed by atoms with van der Waals surface area (Å²) in [4.78, 5) is 5.79. The van der Waals surface area contributed by atoms with Gasteiger partial charge < -0.3 is 5.32 Å². The van der Waals surface area contributed by atoms with Crippen molar-refractivity contribution in [2.75, 3.05) is 6.54 Å². The van der Waals surface area contributed by atoms with E-state index in [9.17, 15) is 0 Å². The number of hydrogen-bond acceptors (Lipinski definition) is 3. The van der Waals surface area contributed by atoms with Gasteiger partial charge in [-0.05, 0) is 18.4 Å². The highest BCUT2D eigenvalue weighted by molar-refractivity contribution is 7.11. The average molecular weight is 226 g/mol. The lowest BCUT2D eigenvalue weighted by atomic mass is 10.1. The summed E-state index contributed by atoms with van der Waals surface area (Å²) in [6.07, 6.45) is 3.12. The quantitative estimate of drug-likeness (QED) is 0.806. The van der Waals surface area contributed by atoms with E-state index < -0.39 is 0 Å². The molecule has 0 unspecified atom stereocenters. The van der Waals surface area contributed by atoms with Crippen molar-refractivity contribution in [2.45, 2.75) is 40.7 Å². The monoisotopic (exact) mass is 226 g/mol. The molecule has 1 N–H and O–H groups in total. The van der Waals surface area contributed by atoms with Crippen LogP contribution in [0, 0.1) is 11.8 Å². The van der Waals surface area contributed by atoms with Crippen LogP contribution >= 0.6 is 11.3 Å². The van der Waals surface area contributed by atoms with Crippen LogP contribution in [0.3, 0.4) is 0 Å². The lowest BCUT2D eigenvalue weighted by molar-refractivity contribution is 0.554. The minimum absolute atomic E-state index is 0.702. The minimum Gasteiger partial charge on any atom is -0.312 e. The average Bonchev–Trinajstić information content (AvgIpc) is 2.50. The predicted molar refractivity (Wildman–Crippen MR) is 67.2 cm³/mol. The van der Waals surface area contributed by atoms with E-state index in [1.54, 1.807) is 0 Å². The van der Waals surface area contributed by atoms with Crippen molar-refractivity contribution in [3.05, 3.63) is 16.1 Å². The molecular weight excluding hydrogens is 204 g/mol. The summed E-state index contributed by atoms with van der Waals surface area (Å²) < 4.78 is 0. The van der Waals surface area contributed by atoms with E-state index in [1.807, 2.05) is 17.5 Å². The molecule has 0 radical (unpaired) electrons. The van der Waals surface area contributed by atoms with Crippen molar-refractivity contribution in [2.24, 2.45) is 11.8 Å². The molecule has 0 aliphatic carbocycles. The van der Waals surface area contributed by atoms with Crippen molar-refractivity contribution >= 4 is 11.3 Å². The topological polar surface area (TPSA) is 24.9 Å². The molecule has 1 aromatic heterocycles. The molecule has 0 amide bonds. The van der Waals surface area contributed by atoms with E-state index >= 15 is 0 Å². The zero-order chi connectivity index (χ0) is 11.3. The summed E-state index contributed by atoms with van der Waals surface area (Å²) in [6, 6.07) is 0. The van der Waals surface area contributed by atoms with E-state index in [0.29, 0.717) is 11.8 Å². The highest BCUT2D eigenvalue weighted by atomic mass is 32.1. The third-order valence-electron chi connectivity index (χ3n) is 2.04. The van der Waals surface area contributed by atoms with E-state index in [2.05, 4.69) is 38.0 Å². The maximum atomic E-state index is 4.43. The summed E-state index contributed by atoms with van der Waals surface area (Å²) in [5.41, 5.74) is 0. The van der Waals surface area contributed by atoms with E-state index in [1.165, 1.54) is 9.88 Å². The SMILES string of the molecule is CC(C)CNCc1cnc(CC(C)C)s1.